The maximum Gasteiger partial charge on any atom is 0.0593 e. The molecule has 4 heteroatoms. The van der Waals surface area contributed by atoms with Crippen molar-refractivity contribution in [1.82, 2.24) is 0 Å². The maximum absolute atomic E-state index is 5.99. The van der Waals surface area contributed by atoms with Crippen LogP contribution in [0.5, 0.6) is 0 Å². The van der Waals surface area contributed by atoms with Gasteiger partial charge in [0, 0.05) is 12.2 Å². The zero-order valence-corrected chi connectivity index (χ0v) is 11.9. The van der Waals surface area contributed by atoms with Crippen LogP contribution >= 0.6 is 39.3 Å². The Kier molecular flexibility index (Phi) is 6.53. The lowest BCUT2D eigenvalue weighted by atomic mass is 10.3. The minimum atomic E-state index is 0.753. The van der Waals surface area contributed by atoms with Crippen LogP contribution < -0.4 is 5.32 Å². The third kappa shape index (κ3) is 4.66. The van der Waals surface area contributed by atoms with Crippen LogP contribution in [-0.2, 0) is 0 Å². The highest BCUT2D eigenvalue weighted by molar-refractivity contribution is 9.10. The molecule has 0 aliphatic carbocycles. The van der Waals surface area contributed by atoms with Gasteiger partial charge in [-0.25, -0.2) is 0 Å². The summed E-state index contributed by atoms with van der Waals surface area (Å²) in [5, 5.41) is 4.12. The molecule has 1 aromatic carbocycles. The molecule has 0 saturated carbocycles. The van der Waals surface area contributed by atoms with Crippen LogP contribution in [0.1, 0.15) is 13.3 Å². The van der Waals surface area contributed by atoms with Gasteiger partial charge in [0.25, 0.3) is 0 Å². The van der Waals surface area contributed by atoms with Gasteiger partial charge in [-0.2, -0.15) is 11.8 Å². The van der Waals surface area contributed by atoms with Crippen molar-refractivity contribution in [3.8, 4) is 0 Å². The molecular formula is C11H15BrClNS. The number of rotatable bonds is 6. The molecule has 1 rings (SSSR count). The molecule has 0 aromatic heterocycles. The van der Waals surface area contributed by atoms with Gasteiger partial charge in [-0.1, -0.05) is 24.6 Å². The van der Waals surface area contributed by atoms with Crippen molar-refractivity contribution in [2.45, 2.75) is 13.3 Å². The highest BCUT2D eigenvalue weighted by Crippen LogP contribution is 2.29. The summed E-state index contributed by atoms with van der Waals surface area (Å²) in [6, 6.07) is 5.86. The molecule has 84 valence electrons. The van der Waals surface area contributed by atoms with E-state index in [2.05, 4.69) is 28.2 Å². The van der Waals surface area contributed by atoms with E-state index in [1.165, 1.54) is 17.9 Å². The van der Waals surface area contributed by atoms with Gasteiger partial charge in [-0.05, 0) is 46.0 Å². The number of nitrogens with one attached hydrogen (secondary N) is 1. The normalized spacial score (nSPS) is 10.3. The van der Waals surface area contributed by atoms with Gasteiger partial charge in [0.15, 0.2) is 0 Å². The van der Waals surface area contributed by atoms with Gasteiger partial charge in [-0.3, -0.25) is 0 Å². The quantitative estimate of drug-likeness (QED) is 0.767. The van der Waals surface area contributed by atoms with E-state index >= 15 is 0 Å². The second-order valence-electron chi connectivity index (χ2n) is 3.08. The molecule has 1 aromatic rings. The first-order valence-electron chi connectivity index (χ1n) is 5.01. The highest BCUT2D eigenvalue weighted by Gasteiger charge is 2.01. The number of hydrogen-bond donors (Lipinski definition) is 1. The fraction of sp³-hybridized carbons (Fsp3) is 0.455. The Morgan fingerprint density at radius 1 is 1.47 bits per heavy atom. The fourth-order valence-electron chi connectivity index (χ4n) is 1.18. The van der Waals surface area contributed by atoms with Crippen LogP contribution in [0.4, 0.5) is 5.69 Å². The number of anilines is 1. The number of halogens is 2. The average Bonchev–Trinajstić information content (AvgIpc) is 2.24. The lowest BCUT2D eigenvalue weighted by Gasteiger charge is -2.08. The standard InChI is InChI=1S/C11H15BrClNS/c1-2-15-8-4-7-14-10-6-3-5-9(13)11(10)12/h3,5-6,14H,2,4,7-8H2,1H3. The second-order valence-corrected chi connectivity index (χ2v) is 5.67. The lowest BCUT2D eigenvalue weighted by Crippen LogP contribution is -2.03. The van der Waals surface area contributed by atoms with E-state index in [1.54, 1.807) is 0 Å². The largest absolute Gasteiger partial charge is 0.384 e. The molecule has 1 N–H and O–H groups in total. The Morgan fingerprint density at radius 2 is 2.27 bits per heavy atom. The van der Waals surface area contributed by atoms with Crippen molar-refractivity contribution >= 4 is 45.0 Å². The Labute approximate surface area is 109 Å². The zero-order chi connectivity index (χ0) is 11.1. The second kappa shape index (κ2) is 7.42. The molecule has 0 spiro atoms. The number of hydrogen-bond acceptors (Lipinski definition) is 2. The van der Waals surface area contributed by atoms with Crippen molar-refractivity contribution in [2.24, 2.45) is 0 Å². The molecule has 0 amide bonds. The summed E-state index contributed by atoms with van der Waals surface area (Å²) in [6.45, 7) is 3.18. The van der Waals surface area contributed by atoms with Crippen molar-refractivity contribution in [1.29, 1.82) is 0 Å². The molecule has 0 fully saturated rings. The fourth-order valence-corrected chi connectivity index (χ4v) is 2.40. The van der Waals surface area contributed by atoms with E-state index in [0.29, 0.717) is 0 Å². The van der Waals surface area contributed by atoms with E-state index < -0.39 is 0 Å². The summed E-state index contributed by atoms with van der Waals surface area (Å²) >= 11 is 11.4. The molecule has 15 heavy (non-hydrogen) atoms. The maximum atomic E-state index is 5.99. The Morgan fingerprint density at radius 3 is 3.00 bits per heavy atom. The van der Waals surface area contributed by atoms with Gasteiger partial charge in [0.1, 0.15) is 0 Å². The predicted molar refractivity (Wildman–Crippen MR) is 75.3 cm³/mol. The SMILES string of the molecule is CCSCCCNc1cccc(Cl)c1Br. The first kappa shape index (κ1) is 13.2. The molecule has 0 aliphatic heterocycles. The third-order valence-electron chi connectivity index (χ3n) is 1.94. The average molecular weight is 309 g/mol. The number of thioether (sulfide) groups is 1. The van der Waals surface area contributed by atoms with Crippen LogP contribution in [-0.4, -0.2) is 18.1 Å². The summed E-state index contributed by atoms with van der Waals surface area (Å²) in [5.41, 5.74) is 1.07. The van der Waals surface area contributed by atoms with Crippen molar-refractivity contribution in [3.63, 3.8) is 0 Å². The molecular weight excluding hydrogens is 294 g/mol. The molecule has 0 bridgehead atoms. The van der Waals surface area contributed by atoms with E-state index in [0.717, 1.165) is 21.7 Å². The Balaban J connectivity index is 2.34. The van der Waals surface area contributed by atoms with E-state index in [1.807, 2.05) is 30.0 Å². The molecule has 0 unspecified atom stereocenters. The smallest absolute Gasteiger partial charge is 0.0593 e. The van der Waals surface area contributed by atoms with Gasteiger partial charge in [-0.15, -0.1) is 0 Å². The lowest BCUT2D eigenvalue weighted by molar-refractivity contribution is 0.991. The molecule has 0 heterocycles. The first-order valence-corrected chi connectivity index (χ1v) is 7.34. The van der Waals surface area contributed by atoms with E-state index in [4.69, 9.17) is 11.6 Å². The molecule has 1 nitrogen and oxygen atoms in total. The van der Waals surface area contributed by atoms with Gasteiger partial charge >= 0.3 is 0 Å². The van der Waals surface area contributed by atoms with Crippen LogP contribution in [0, 0.1) is 0 Å². The molecule has 0 radical (unpaired) electrons. The zero-order valence-electron chi connectivity index (χ0n) is 8.72. The minimum Gasteiger partial charge on any atom is -0.384 e. The topological polar surface area (TPSA) is 12.0 Å². The van der Waals surface area contributed by atoms with Gasteiger partial charge in [0.2, 0.25) is 0 Å². The van der Waals surface area contributed by atoms with Crippen LogP contribution in [0.15, 0.2) is 22.7 Å². The number of benzene rings is 1. The molecule has 0 atom stereocenters. The molecule has 0 aliphatic rings. The van der Waals surface area contributed by atoms with E-state index in [-0.39, 0.29) is 0 Å². The summed E-state index contributed by atoms with van der Waals surface area (Å²) < 4.78 is 0.954. The van der Waals surface area contributed by atoms with Gasteiger partial charge in [0.05, 0.1) is 9.50 Å². The van der Waals surface area contributed by atoms with Gasteiger partial charge < -0.3 is 5.32 Å². The van der Waals surface area contributed by atoms with Crippen LogP contribution in [0.25, 0.3) is 0 Å². The Hall–Kier alpha value is 0.140. The summed E-state index contributed by atoms with van der Waals surface area (Å²) in [7, 11) is 0. The Bertz CT molecular complexity index is 307. The minimum absolute atomic E-state index is 0.753. The summed E-state index contributed by atoms with van der Waals surface area (Å²) in [6.07, 6.45) is 1.18. The summed E-state index contributed by atoms with van der Waals surface area (Å²) in [5.74, 6) is 2.41. The van der Waals surface area contributed by atoms with Crippen LogP contribution in [0.2, 0.25) is 5.02 Å². The highest BCUT2D eigenvalue weighted by atomic mass is 79.9. The first-order chi connectivity index (χ1) is 7.25. The third-order valence-corrected chi connectivity index (χ3v) is 4.32. The summed E-state index contributed by atoms with van der Waals surface area (Å²) in [4.78, 5) is 0. The molecule has 0 saturated heterocycles. The monoisotopic (exact) mass is 307 g/mol. The van der Waals surface area contributed by atoms with Crippen molar-refractivity contribution in [3.05, 3.63) is 27.7 Å². The van der Waals surface area contributed by atoms with Crippen LogP contribution in [0.3, 0.4) is 0 Å². The van der Waals surface area contributed by atoms with E-state index in [9.17, 15) is 0 Å². The predicted octanol–water partition coefficient (Wildman–Crippen LogP) is 4.66. The van der Waals surface area contributed by atoms with Crippen molar-refractivity contribution in [2.75, 3.05) is 23.4 Å². The van der Waals surface area contributed by atoms with Crippen molar-refractivity contribution < 1.29 is 0 Å².